The van der Waals surface area contributed by atoms with E-state index >= 15 is 0 Å². The minimum Gasteiger partial charge on any atom is -0.330 e. The van der Waals surface area contributed by atoms with Gasteiger partial charge >= 0.3 is 0 Å². The fraction of sp³-hybridized carbons (Fsp3) is 0.478. The Kier molecular flexibility index (Phi) is 4.71. The lowest BCUT2D eigenvalue weighted by atomic mass is 9.84. The smallest absolute Gasteiger partial charge is 0.243 e. The van der Waals surface area contributed by atoms with E-state index in [2.05, 4.69) is 23.6 Å². The Balaban J connectivity index is 1.40. The van der Waals surface area contributed by atoms with E-state index in [-0.39, 0.29) is 36.4 Å². The lowest BCUT2D eigenvalue weighted by Gasteiger charge is -2.38. The molecule has 0 bridgehead atoms. The van der Waals surface area contributed by atoms with Crippen molar-refractivity contribution in [3.8, 4) is 0 Å². The Hall–Kier alpha value is -2.14. The van der Waals surface area contributed by atoms with E-state index in [0.717, 1.165) is 50.6 Å². The van der Waals surface area contributed by atoms with Crippen LogP contribution in [0, 0.1) is 5.92 Å². The molecule has 1 aromatic heterocycles. The predicted molar refractivity (Wildman–Crippen MR) is 110 cm³/mol. The van der Waals surface area contributed by atoms with Gasteiger partial charge in [-0.1, -0.05) is 36.8 Å². The zero-order valence-corrected chi connectivity index (χ0v) is 16.9. The number of amides is 2. The fourth-order valence-electron chi connectivity index (χ4n) is 4.48. The van der Waals surface area contributed by atoms with Crippen LogP contribution in [0.2, 0.25) is 0 Å². The van der Waals surface area contributed by atoms with Crippen molar-refractivity contribution in [2.24, 2.45) is 5.92 Å². The first-order valence-corrected chi connectivity index (χ1v) is 11.3. The molecule has 2 saturated carbocycles. The van der Waals surface area contributed by atoms with Crippen molar-refractivity contribution in [1.29, 1.82) is 0 Å². The van der Waals surface area contributed by atoms with Gasteiger partial charge in [-0.15, -0.1) is 11.3 Å². The molecule has 2 aliphatic carbocycles. The number of benzene rings is 1. The van der Waals surface area contributed by atoms with Crippen LogP contribution in [0.5, 0.6) is 0 Å². The first kappa shape index (κ1) is 17.9. The second-order valence-electron chi connectivity index (χ2n) is 8.27. The summed E-state index contributed by atoms with van der Waals surface area (Å²) in [6.45, 7) is 0.963. The maximum Gasteiger partial charge on any atom is 0.243 e. The van der Waals surface area contributed by atoms with Crippen molar-refractivity contribution in [2.45, 2.75) is 50.6 Å². The van der Waals surface area contributed by atoms with Gasteiger partial charge in [0.2, 0.25) is 11.8 Å². The first-order chi connectivity index (χ1) is 13.7. The molecule has 2 aromatic rings. The van der Waals surface area contributed by atoms with Gasteiger partial charge in [0.15, 0.2) is 0 Å². The van der Waals surface area contributed by atoms with Crippen LogP contribution < -0.4 is 0 Å². The summed E-state index contributed by atoms with van der Waals surface area (Å²) in [5.74, 6) is 0.458. The Labute approximate surface area is 170 Å². The molecule has 146 valence electrons. The largest absolute Gasteiger partial charge is 0.330 e. The van der Waals surface area contributed by atoms with Crippen LogP contribution in [0.15, 0.2) is 41.8 Å². The molecule has 2 heterocycles. The van der Waals surface area contributed by atoms with Crippen LogP contribution >= 0.6 is 11.3 Å². The molecule has 5 heteroatoms. The van der Waals surface area contributed by atoms with Gasteiger partial charge in [0.05, 0.1) is 6.04 Å². The third-order valence-electron chi connectivity index (χ3n) is 6.43. The van der Waals surface area contributed by atoms with Crippen LogP contribution in [0.1, 0.15) is 54.1 Å². The van der Waals surface area contributed by atoms with Crippen LogP contribution in [-0.4, -0.2) is 40.7 Å². The van der Waals surface area contributed by atoms with Gasteiger partial charge in [-0.25, -0.2) is 0 Å². The fourth-order valence-corrected chi connectivity index (χ4v) is 5.38. The molecule has 1 aliphatic heterocycles. The minimum absolute atomic E-state index is 0.0384. The second-order valence-corrected chi connectivity index (χ2v) is 9.28. The second kappa shape index (κ2) is 7.36. The van der Waals surface area contributed by atoms with Crippen LogP contribution in [0.3, 0.4) is 0 Å². The molecule has 0 radical (unpaired) electrons. The SMILES string of the molecule is O=C(C1CCC1)N(CC(=O)N1CCc2sccc2C1c1ccccc1)C1CC1. The molecular formula is C23H26N2O2S. The molecule has 1 atom stereocenters. The number of hydrogen-bond donors (Lipinski definition) is 0. The van der Waals surface area contributed by atoms with Crippen molar-refractivity contribution in [1.82, 2.24) is 9.80 Å². The van der Waals surface area contributed by atoms with Crippen LogP contribution in [-0.2, 0) is 16.0 Å². The summed E-state index contributed by atoms with van der Waals surface area (Å²) in [5, 5.41) is 2.13. The number of thiophene rings is 1. The standard InChI is InChI=1S/C23H26N2O2S/c26-21(15-25(18-9-10-18)23(27)17-7-4-8-17)24-13-11-20-19(12-14-28-20)22(24)16-5-2-1-3-6-16/h1-3,5-6,12,14,17-18,22H,4,7-11,13,15H2. The number of fused-ring (bicyclic) bond motifs is 1. The summed E-state index contributed by atoms with van der Waals surface area (Å²) in [7, 11) is 0. The highest BCUT2D eigenvalue weighted by atomic mass is 32.1. The maximum absolute atomic E-state index is 13.4. The van der Waals surface area contributed by atoms with E-state index in [0.29, 0.717) is 0 Å². The summed E-state index contributed by atoms with van der Waals surface area (Å²) in [5.41, 5.74) is 2.40. The number of hydrogen-bond acceptors (Lipinski definition) is 3. The van der Waals surface area contributed by atoms with Crippen LogP contribution in [0.25, 0.3) is 0 Å². The monoisotopic (exact) mass is 394 g/mol. The predicted octanol–water partition coefficient (Wildman–Crippen LogP) is 4.01. The molecule has 2 amide bonds. The summed E-state index contributed by atoms with van der Waals surface area (Å²) >= 11 is 1.78. The Morgan fingerprint density at radius 3 is 2.54 bits per heavy atom. The number of carbonyl (C=O) groups is 2. The number of rotatable bonds is 5. The highest BCUT2D eigenvalue weighted by Gasteiger charge is 2.40. The summed E-state index contributed by atoms with van der Waals surface area (Å²) in [6.07, 6.45) is 6.12. The molecule has 5 rings (SSSR count). The summed E-state index contributed by atoms with van der Waals surface area (Å²) in [4.78, 5) is 31.6. The normalized spacial score (nSPS) is 21.7. The number of nitrogens with zero attached hydrogens (tertiary/aromatic N) is 2. The summed E-state index contributed by atoms with van der Waals surface area (Å²) < 4.78 is 0. The van der Waals surface area contributed by atoms with Crippen molar-refractivity contribution in [3.05, 3.63) is 57.8 Å². The van der Waals surface area contributed by atoms with Crippen molar-refractivity contribution < 1.29 is 9.59 Å². The lowest BCUT2D eigenvalue weighted by molar-refractivity contribution is -0.146. The lowest BCUT2D eigenvalue weighted by Crippen LogP contribution is -2.49. The molecule has 4 nitrogen and oxygen atoms in total. The van der Waals surface area contributed by atoms with E-state index in [1.165, 1.54) is 10.4 Å². The Morgan fingerprint density at radius 2 is 1.86 bits per heavy atom. The van der Waals surface area contributed by atoms with Gasteiger partial charge < -0.3 is 9.80 Å². The molecule has 28 heavy (non-hydrogen) atoms. The molecular weight excluding hydrogens is 368 g/mol. The molecule has 1 aromatic carbocycles. The Morgan fingerprint density at radius 1 is 1.07 bits per heavy atom. The Bertz CT molecular complexity index is 870. The number of carbonyl (C=O) groups excluding carboxylic acids is 2. The zero-order chi connectivity index (χ0) is 19.1. The van der Waals surface area contributed by atoms with Crippen molar-refractivity contribution in [3.63, 3.8) is 0 Å². The van der Waals surface area contributed by atoms with Gasteiger partial charge in [-0.3, -0.25) is 9.59 Å². The average Bonchev–Trinajstić information content (AvgIpc) is 3.40. The zero-order valence-electron chi connectivity index (χ0n) is 16.0. The summed E-state index contributed by atoms with van der Waals surface area (Å²) in [6, 6.07) is 12.7. The van der Waals surface area contributed by atoms with Crippen molar-refractivity contribution >= 4 is 23.2 Å². The highest BCUT2D eigenvalue weighted by molar-refractivity contribution is 7.10. The molecule has 3 aliphatic rings. The van der Waals surface area contributed by atoms with E-state index in [1.807, 2.05) is 28.0 Å². The molecule has 0 saturated heterocycles. The van der Waals surface area contributed by atoms with Gasteiger partial charge in [0.1, 0.15) is 6.54 Å². The van der Waals surface area contributed by atoms with E-state index in [1.54, 1.807) is 11.3 Å². The van der Waals surface area contributed by atoms with E-state index in [9.17, 15) is 9.59 Å². The minimum atomic E-state index is -0.0384. The third kappa shape index (κ3) is 3.26. The van der Waals surface area contributed by atoms with E-state index in [4.69, 9.17) is 0 Å². The van der Waals surface area contributed by atoms with Crippen molar-refractivity contribution in [2.75, 3.05) is 13.1 Å². The van der Waals surface area contributed by atoms with E-state index < -0.39 is 0 Å². The quantitative estimate of drug-likeness (QED) is 0.769. The highest BCUT2D eigenvalue weighted by Crippen LogP contribution is 2.39. The topological polar surface area (TPSA) is 40.6 Å². The van der Waals surface area contributed by atoms with Gasteiger partial charge in [0.25, 0.3) is 0 Å². The third-order valence-corrected chi connectivity index (χ3v) is 7.43. The molecule has 2 fully saturated rings. The maximum atomic E-state index is 13.4. The van der Waals surface area contributed by atoms with Gasteiger partial charge in [-0.2, -0.15) is 0 Å². The van der Waals surface area contributed by atoms with Gasteiger partial charge in [-0.05, 0) is 54.7 Å². The average molecular weight is 395 g/mol. The first-order valence-electron chi connectivity index (χ1n) is 10.4. The molecule has 0 N–H and O–H groups in total. The van der Waals surface area contributed by atoms with Gasteiger partial charge in [0, 0.05) is 23.4 Å². The van der Waals surface area contributed by atoms with Crippen LogP contribution in [0.4, 0.5) is 0 Å². The molecule has 0 spiro atoms. The molecule has 1 unspecified atom stereocenters.